The van der Waals surface area contributed by atoms with Crippen molar-refractivity contribution in [3.63, 3.8) is 0 Å². The van der Waals surface area contributed by atoms with Crippen LogP contribution in [0.2, 0.25) is 0 Å². The Hall–Kier alpha value is -1.19. The highest BCUT2D eigenvalue weighted by atomic mass is 32.1. The van der Waals surface area contributed by atoms with Crippen molar-refractivity contribution < 1.29 is 5.11 Å². The summed E-state index contributed by atoms with van der Waals surface area (Å²) in [6.07, 6.45) is 7.23. The molecule has 0 spiro atoms. The third kappa shape index (κ3) is 1.84. The molecule has 2 heterocycles. The lowest BCUT2D eigenvalue weighted by atomic mass is 9.98. The van der Waals surface area contributed by atoms with E-state index in [0.29, 0.717) is 0 Å². The van der Waals surface area contributed by atoms with Gasteiger partial charge in [-0.15, -0.1) is 11.3 Å². The van der Waals surface area contributed by atoms with Crippen LogP contribution in [0.5, 0.6) is 0 Å². The van der Waals surface area contributed by atoms with Gasteiger partial charge in [0.05, 0.1) is 6.10 Å². The van der Waals surface area contributed by atoms with Gasteiger partial charge in [0, 0.05) is 27.6 Å². The molecule has 0 radical (unpaired) electrons. The average Bonchev–Trinajstić information content (AvgIpc) is 3.11. The molecule has 0 saturated heterocycles. The zero-order chi connectivity index (χ0) is 12.8. The van der Waals surface area contributed by atoms with E-state index in [-0.39, 0.29) is 12.0 Å². The molecule has 1 N–H and O–H groups in total. The Balaban J connectivity index is 1.66. The van der Waals surface area contributed by atoms with Gasteiger partial charge in [-0.25, -0.2) is 0 Å². The minimum atomic E-state index is -0.369. The fourth-order valence-electron chi connectivity index (χ4n) is 3.45. The van der Waals surface area contributed by atoms with Crippen molar-refractivity contribution >= 4 is 11.3 Å². The lowest BCUT2D eigenvalue weighted by Gasteiger charge is -2.17. The molecule has 2 aliphatic rings. The predicted molar refractivity (Wildman–Crippen MR) is 76.6 cm³/mol. The molecule has 0 amide bonds. The van der Waals surface area contributed by atoms with Gasteiger partial charge in [-0.05, 0) is 55.4 Å². The van der Waals surface area contributed by atoms with Crippen molar-refractivity contribution in [3.05, 3.63) is 51.0 Å². The lowest BCUT2D eigenvalue weighted by molar-refractivity contribution is 0.147. The summed E-state index contributed by atoms with van der Waals surface area (Å²) in [7, 11) is 0. The van der Waals surface area contributed by atoms with E-state index in [1.807, 2.05) is 23.6 Å². The third-order valence-electron chi connectivity index (χ3n) is 4.44. The second-order valence-corrected chi connectivity index (χ2v) is 6.76. The van der Waals surface area contributed by atoms with Gasteiger partial charge in [0.25, 0.3) is 0 Å². The van der Waals surface area contributed by atoms with Crippen molar-refractivity contribution in [2.75, 3.05) is 0 Å². The van der Waals surface area contributed by atoms with E-state index in [1.165, 1.54) is 35.3 Å². The van der Waals surface area contributed by atoms with E-state index in [1.54, 1.807) is 0 Å². The van der Waals surface area contributed by atoms with E-state index in [9.17, 15) is 5.11 Å². The van der Waals surface area contributed by atoms with Gasteiger partial charge < -0.3 is 5.11 Å². The SMILES string of the molecule is OC(c1cc2c(s1)CCC2)C1CCc2cccnc21. The second-order valence-electron chi connectivity index (χ2n) is 5.59. The topological polar surface area (TPSA) is 33.1 Å². The number of fused-ring (bicyclic) bond motifs is 2. The van der Waals surface area contributed by atoms with Gasteiger partial charge in [-0.1, -0.05) is 6.07 Å². The first-order valence-corrected chi connectivity index (χ1v) is 7.88. The van der Waals surface area contributed by atoms with Crippen molar-refractivity contribution in [1.82, 2.24) is 4.98 Å². The van der Waals surface area contributed by atoms with Gasteiger partial charge >= 0.3 is 0 Å². The maximum Gasteiger partial charge on any atom is 0.0965 e. The molecule has 0 aliphatic heterocycles. The summed E-state index contributed by atoms with van der Waals surface area (Å²) in [4.78, 5) is 7.14. The van der Waals surface area contributed by atoms with Crippen molar-refractivity contribution in [2.45, 2.75) is 44.1 Å². The van der Waals surface area contributed by atoms with Gasteiger partial charge in [-0.2, -0.15) is 0 Å². The number of aliphatic hydroxyl groups excluding tert-OH is 1. The quantitative estimate of drug-likeness (QED) is 0.908. The number of rotatable bonds is 2. The molecule has 2 nitrogen and oxygen atoms in total. The molecular formula is C16H17NOS. The Morgan fingerprint density at radius 3 is 3.11 bits per heavy atom. The second kappa shape index (κ2) is 4.43. The monoisotopic (exact) mass is 271 g/mol. The van der Waals surface area contributed by atoms with Gasteiger partial charge in [0.1, 0.15) is 0 Å². The molecule has 0 saturated carbocycles. The largest absolute Gasteiger partial charge is 0.387 e. The normalized spacial score (nSPS) is 22.3. The molecular weight excluding hydrogens is 254 g/mol. The Labute approximate surface area is 117 Å². The first-order chi connectivity index (χ1) is 9.33. The van der Waals surface area contributed by atoms with E-state index in [2.05, 4.69) is 17.1 Å². The highest BCUT2D eigenvalue weighted by Crippen LogP contribution is 2.44. The molecule has 0 fully saturated rings. The number of hydrogen-bond acceptors (Lipinski definition) is 3. The van der Waals surface area contributed by atoms with E-state index in [0.717, 1.165) is 23.4 Å². The zero-order valence-electron chi connectivity index (χ0n) is 10.8. The molecule has 0 bridgehead atoms. The first-order valence-electron chi connectivity index (χ1n) is 7.06. The van der Waals surface area contributed by atoms with E-state index >= 15 is 0 Å². The average molecular weight is 271 g/mol. The predicted octanol–water partition coefficient (Wildman–Crippen LogP) is 3.40. The third-order valence-corrected chi connectivity index (χ3v) is 5.75. The molecule has 4 rings (SSSR count). The van der Waals surface area contributed by atoms with Crippen LogP contribution in [0.25, 0.3) is 0 Å². The number of aliphatic hydroxyl groups is 1. The Kier molecular flexibility index (Phi) is 2.71. The van der Waals surface area contributed by atoms with Crippen LogP contribution in [-0.4, -0.2) is 10.1 Å². The summed E-state index contributed by atoms with van der Waals surface area (Å²) >= 11 is 1.81. The van der Waals surface area contributed by atoms with Crippen molar-refractivity contribution in [1.29, 1.82) is 0 Å². The zero-order valence-corrected chi connectivity index (χ0v) is 11.6. The lowest BCUT2D eigenvalue weighted by Crippen LogP contribution is -2.08. The fraction of sp³-hybridized carbons (Fsp3) is 0.438. The molecule has 3 heteroatoms. The number of aryl methyl sites for hydroxylation is 3. The molecule has 98 valence electrons. The van der Waals surface area contributed by atoms with Crippen LogP contribution in [-0.2, 0) is 19.3 Å². The minimum absolute atomic E-state index is 0.190. The maximum absolute atomic E-state index is 10.7. The van der Waals surface area contributed by atoms with Crippen LogP contribution in [0.15, 0.2) is 24.4 Å². The van der Waals surface area contributed by atoms with Crippen LogP contribution in [0.4, 0.5) is 0 Å². The van der Waals surface area contributed by atoms with Crippen molar-refractivity contribution in [3.8, 4) is 0 Å². The van der Waals surface area contributed by atoms with Crippen LogP contribution >= 0.6 is 11.3 Å². The molecule has 0 aromatic carbocycles. The van der Waals surface area contributed by atoms with Crippen LogP contribution in [0.1, 0.15) is 51.4 Å². The number of aromatic nitrogens is 1. The van der Waals surface area contributed by atoms with Crippen LogP contribution < -0.4 is 0 Å². The summed E-state index contributed by atoms with van der Waals surface area (Å²) in [5.41, 5.74) is 3.90. The smallest absolute Gasteiger partial charge is 0.0965 e. The van der Waals surface area contributed by atoms with Crippen LogP contribution in [0.3, 0.4) is 0 Å². The minimum Gasteiger partial charge on any atom is -0.387 e. The number of nitrogens with zero attached hydrogens (tertiary/aromatic N) is 1. The highest BCUT2D eigenvalue weighted by Gasteiger charge is 2.32. The van der Waals surface area contributed by atoms with Gasteiger partial charge in [0.2, 0.25) is 0 Å². The number of hydrogen-bond donors (Lipinski definition) is 1. The molecule has 2 aromatic rings. The Morgan fingerprint density at radius 2 is 2.21 bits per heavy atom. The molecule has 2 aromatic heterocycles. The summed E-state index contributed by atoms with van der Waals surface area (Å²) < 4.78 is 0. The van der Waals surface area contributed by atoms with E-state index in [4.69, 9.17) is 0 Å². The molecule has 2 atom stereocenters. The summed E-state index contributed by atoms with van der Waals surface area (Å²) in [6.45, 7) is 0. The molecule has 19 heavy (non-hydrogen) atoms. The summed E-state index contributed by atoms with van der Waals surface area (Å²) in [5.74, 6) is 0.190. The first kappa shape index (κ1) is 11.6. The summed E-state index contributed by atoms with van der Waals surface area (Å²) in [6, 6.07) is 6.37. The standard InChI is InChI=1S/C16H17NOS/c18-16(14-9-11-3-1-5-13(11)19-14)12-7-6-10-4-2-8-17-15(10)12/h2,4,8-9,12,16,18H,1,3,5-7H2. The highest BCUT2D eigenvalue weighted by molar-refractivity contribution is 7.12. The van der Waals surface area contributed by atoms with Crippen molar-refractivity contribution in [2.24, 2.45) is 0 Å². The number of thiophene rings is 1. The number of pyridine rings is 1. The van der Waals surface area contributed by atoms with Gasteiger partial charge in [0.15, 0.2) is 0 Å². The summed E-state index contributed by atoms with van der Waals surface area (Å²) in [5, 5.41) is 10.7. The Bertz CT molecular complexity index is 597. The molecule has 2 aliphatic carbocycles. The fourth-order valence-corrected chi connectivity index (χ4v) is 4.76. The Morgan fingerprint density at radius 1 is 1.26 bits per heavy atom. The van der Waals surface area contributed by atoms with E-state index < -0.39 is 0 Å². The maximum atomic E-state index is 10.7. The molecule has 2 unspecified atom stereocenters. The van der Waals surface area contributed by atoms with Gasteiger partial charge in [-0.3, -0.25) is 4.98 Å². The van der Waals surface area contributed by atoms with Crippen LogP contribution in [0, 0.1) is 0 Å².